The van der Waals surface area contributed by atoms with Crippen LogP contribution in [0.4, 0.5) is 24.7 Å². The van der Waals surface area contributed by atoms with E-state index in [1.165, 1.54) is 10.9 Å². The number of halogens is 3. The van der Waals surface area contributed by atoms with Crippen molar-refractivity contribution in [1.82, 2.24) is 25.0 Å². The highest BCUT2D eigenvalue weighted by atomic mass is 19.4. The first-order chi connectivity index (χ1) is 16.4. The summed E-state index contributed by atoms with van der Waals surface area (Å²) in [5.74, 6) is 0.973. The number of hydrogen-bond acceptors (Lipinski definition) is 7. The van der Waals surface area contributed by atoms with Gasteiger partial charge in [0.05, 0.1) is 55.2 Å². The van der Waals surface area contributed by atoms with Gasteiger partial charge in [0.15, 0.2) is 17.2 Å². The Morgan fingerprint density at radius 2 is 1.91 bits per heavy atom. The van der Waals surface area contributed by atoms with E-state index in [9.17, 15) is 13.2 Å². The predicted molar refractivity (Wildman–Crippen MR) is 118 cm³/mol. The summed E-state index contributed by atoms with van der Waals surface area (Å²) in [7, 11) is 1.83. The Labute approximate surface area is 193 Å². The summed E-state index contributed by atoms with van der Waals surface area (Å²) < 4.78 is 55.3. The van der Waals surface area contributed by atoms with Crippen LogP contribution in [0.3, 0.4) is 0 Å². The van der Waals surface area contributed by atoms with E-state index >= 15 is 0 Å². The number of likely N-dealkylation sites (N-methyl/N-ethyl adjacent to an activating group) is 1. The molecule has 3 aliphatic rings. The number of nitrogens with zero attached hydrogens (tertiary/aromatic N) is 6. The van der Waals surface area contributed by atoms with Crippen LogP contribution in [0.2, 0.25) is 0 Å². The zero-order valence-electron chi connectivity index (χ0n) is 18.8. The number of nitrogens with one attached hydrogen (secondary N) is 1. The standard InChI is InChI=1S/C22H26F3N7O2/c1-30(13-3-2-8-33-10-13)16-9-18(31-14-4-5-15(31)12-34-11-14)27-21-19(16)20(22(23,24)25)29-32(21)17-6-7-26-28-17/h6-7,9,13-15H,2-5,8,10-12H2,1H3,(H,26,28). The van der Waals surface area contributed by atoms with Crippen molar-refractivity contribution in [2.75, 3.05) is 43.3 Å². The van der Waals surface area contributed by atoms with Gasteiger partial charge in [-0.05, 0) is 25.7 Å². The molecule has 0 aromatic carbocycles. The molecule has 3 atom stereocenters. The summed E-state index contributed by atoms with van der Waals surface area (Å²) in [5.41, 5.74) is -0.349. The van der Waals surface area contributed by atoms with Crippen molar-refractivity contribution in [2.45, 2.75) is 50.0 Å². The van der Waals surface area contributed by atoms with Gasteiger partial charge in [-0.1, -0.05) is 0 Å². The van der Waals surface area contributed by atoms with Gasteiger partial charge in [-0.3, -0.25) is 5.10 Å². The third-order valence-electron chi connectivity index (χ3n) is 7.16. The van der Waals surface area contributed by atoms with Gasteiger partial charge in [0.1, 0.15) is 5.82 Å². The molecule has 3 aromatic heterocycles. The highest BCUT2D eigenvalue weighted by molar-refractivity contribution is 5.95. The van der Waals surface area contributed by atoms with Crippen LogP contribution in [-0.2, 0) is 15.7 Å². The molecule has 1 N–H and O–H groups in total. The number of rotatable bonds is 4. The first kappa shape index (κ1) is 21.7. The number of ether oxygens (including phenoxy) is 2. The molecule has 3 saturated heterocycles. The van der Waals surface area contributed by atoms with Crippen molar-refractivity contribution in [3.63, 3.8) is 0 Å². The minimum Gasteiger partial charge on any atom is -0.379 e. The molecule has 0 amide bonds. The molecule has 9 nitrogen and oxygen atoms in total. The molecule has 34 heavy (non-hydrogen) atoms. The van der Waals surface area contributed by atoms with Crippen LogP contribution in [-0.4, -0.2) is 76.6 Å². The van der Waals surface area contributed by atoms with E-state index in [4.69, 9.17) is 14.5 Å². The molecule has 2 bridgehead atoms. The predicted octanol–water partition coefficient (Wildman–Crippen LogP) is 3.15. The molecule has 0 radical (unpaired) electrons. The lowest BCUT2D eigenvalue weighted by Gasteiger charge is -2.37. The Morgan fingerprint density at radius 3 is 2.56 bits per heavy atom. The second-order valence-corrected chi connectivity index (χ2v) is 9.21. The van der Waals surface area contributed by atoms with E-state index in [1.54, 1.807) is 12.1 Å². The van der Waals surface area contributed by atoms with Crippen molar-refractivity contribution in [1.29, 1.82) is 0 Å². The third kappa shape index (κ3) is 3.50. The molecule has 3 aliphatic heterocycles. The Bertz CT molecular complexity index is 1160. The van der Waals surface area contributed by atoms with E-state index in [2.05, 4.69) is 20.2 Å². The van der Waals surface area contributed by atoms with Gasteiger partial charge in [-0.2, -0.15) is 28.1 Å². The van der Waals surface area contributed by atoms with Crippen molar-refractivity contribution in [3.05, 3.63) is 24.0 Å². The SMILES string of the molecule is CN(c1cc(N2C3CCC2COC3)nc2c1c(C(F)(F)F)nn2-c1ccn[nH]1)C1CCCOC1. The number of morpholine rings is 1. The van der Waals surface area contributed by atoms with E-state index in [0.717, 1.165) is 25.7 Å². The molecule has 6 rings (SSSR count). The van der Waals surface area contributed by atoms with E-state index < -0.39 is 11.9 Å². The quantitative estimate of drug-likeness (QED) is 0.618. The lowest BCUT2D eigenvalue weighted by atomic mass is 10.1. The molecule has 3 unspecified atom stereocenters. The van der Waals surface area contributed by atoms with Crippen molar-refractivity contribution < 1.29 is 22.6 Å². The molecule has 3 fully saturated rings. The van der Waals surface area contributed by atoms with Crippen LogP contribution in [0.25, 0.3) is 16.9 Å². The van der Waals surface area contributed by atoms with Crippen LogP contribution < -0.4 is 9.80 Å². The fourth-order valence-corrected chi connectivity index (χ4v) is 5.46. The van der Waals surface area contributed by atoms with Gasteiger partial charge in [-0.25, -0.2) is 4.98 Å². The van der Waals surface area contributed by atoms with Crippen LogP contribution in [0, 0.1) is 0 Å². The number of aromatic nitrogens is 5. The number of aromatic amines is 1. The molecule has 0 spiro atoms. The van der Waals surface area contributed by atoms with Gasteiger partial charge in [-0.15, -0.1) is 0 Å². The number of pyridine rings is 1. The molecule has 6 heterocycles. The fraction of sp³-hybridized carbons (Fsp3) is 0.591. The highest BCUT2D eigenvalue weighted by Crippen LogP contribution is 2.43. The normalized spacial score (nSPS) is 25.3. The number of hydrogen-bond donors (Lipinski definition) is 1. The summed E-state index contributed by atoms with van der Waals surface area (Å²) >= 11 is 0. The molecular formula is C22H26F3N7O2. The summed E-state index contributed by atoms with van der Waals surface area (Å²) in [6.07, 6.45) is 0.481. The van der Waals surface area contributed by atoms with Crippen molar-refractivity contribution in [2.24, 2.45) is 0 Å². The highest BCUT2D eigenvalue weighted by Gasteiger charge is 2.42. The number of fused-ring (bicyclic) bond motifs is 3. The maximum absolute atomic E-state index is 14.2. The van der Waals surface area contributed by atoms with Crippen LogP contribution in [0.1, 0.15) is 31.4 Å². The Morgan fingerprint density at radius 1 is 1.12 bits per heavy atom. The number of anilines is 2. The zero-order chi connectivity index (χ0) is 23.4. The number of alkyl halides is 3. The van der Waals surface area contributed by atoms with Gasteiger partial charge in [0, 0.05) is 25.8 Å². The summed E-state index contributed by atoms with van der Waals surface area (Å²) in [6, 6.07) is 3.65. The summed E-state index contributed by atoms with van der Waals surface area (Å²) in [5, 5.41) is 10.6. The average molecular weight is 477 g/mol. The smallest absolute Gasteiger partial charge is 0.379 e. The van der Waals surface area contributed by atoms with E-state index in [-0.39, 0.29) is 29.2 Å². The Balaban J connectivity index is 1.59. The van der Waals surface area contributed by atoms with Gasteiger partial charge in [0.2, 0.25) is 0 Å². The largest absolute Gasteiger partial charge is 0.435 e. The van der Waals surface area contributed by atoms with Crippen LogP contribution in [0.15, 0.2) is 18.3 Å². The van der Waals surface area contributed by atoms with Crippen molar-refractivity contribution >= 4 is 22.5 Å². The molecule has 182 valence electrons. The molecule has 12 heteroatoms. The summed E-state index contributed by atoms with van der Waals surface area (Å²) in [4.78, 5) is 8.91. The summed E-state index contributed by atoms with van der Waals surface area (Å²) in [6.45, 7) is 2.31. The van der Waals surface area contributed by atoms with Gasteiger partial charge >= 0.3 is 6.18 Å². The molecule has 0 saturated carbocycles. The number of H-pyrrole nitrogens is 1. The fourth-order valence-electron chi connectivity index (χ4n) is 5.46. The minimum atomic E-state index is -4.65. The van der Waals surface area contributed by atoms with Crippen molar-refractivity contribution in [3.8, 4) is 5.82 Å². The first-order valence-corrected chi connectivity index (χ1v) is 11.6. The molecule has 3 aromatic rings. The average Bonchev–Trinajstić information content (AvgIpc) is 3.54. The van der Waals surface area contributed by atoms with E-state index in [0.29, 0.717) is 43.8 Å². The van der Waals surface area contributed by atoms with Gasteiger partial charge in [0.25, 0.3) is 0 Å². The molecular weight excluding hydrogens is 451 g/mol. The van der Waals surface area contributed by atoms with Gasteiger partial charge < -0.3 is 19.3 Å². The minimum absolute atomic E-state index is 0.0143. The van der Waals surface area contributed by atoms with Crippen LogP contribution >= 0.6 is 0 Å². The van der Waals surface area contributed by atoms with E-state index in [1.807, 2.05) is 11.9 Å². The zero-order valence-corrected chi connectivity index (χ0v) is 18.8. The lowest BCUT2D eigenvalue weighted by Crippen LogP contribution is -2.46. The third-order valence-corrected chi connectivity index (χ3v) is 7.16. The second-order valence-electron chi connectivity index (χ2n) is 9.21. The topological polar surface area (TPSA) is 84.3 Å². The maximum Gasteiger partial charge on any atom is 0.435 e. The lowest BCUT2D eigenvalue weighted by molar-refractivity contribution is -0.140. The Kier molecular flexibility index (Phi) is 5.17. The maximum atomic E-state index is 14.2. The second kappa shape index (κ2) is 8.12. The monoisotopic (exact) mass is 477 g/mol. The van der Waals surface area contributed by atoms with Crippen LogP contribution in [0.5, 0.6) is 0 Å². The first-order valence-electron chi connectivity index (χ1n) is 11.6. The Hall–Kier alpha value is -2.86. The molecule has 0 aliphatic carbocycles.